The number of carbonyl (C=O) groups is 1. The zero-order valence-electron chi connectivity index (χ0n) is 10.3. The molecule has 0 N–H and O–H groups in total. The maximum atomic E-state index is 12.4. The molecule has 1 aromatic rings. The summed E-state index contributed by atoms with van der Waals surface area (Å²) in [4.78, 5) is 16.6. The summed E-state index contributed by atoms with van der Waals surface area (Å²) >= 11 is 5.15. The van der Waals surface area contributed by atoms with Crippen molar-refractivity contribution in [3.05, 3.63) is 20.3 Å². The number of halogens is 1. The lowest BCUT2D eigenvalue weighted by atomic mass is 10.0. The van der Waals surface area contributed by atoms with E-state index in [1.165, 1.54) is 11.3 Å². The van der Waals surface area contributed by atoms with E-state index in [-0.39, 0.29) is 5.91 Å². The fourth-order valence-corrected chi connectivity index (χ4v) is 4.15. The van der Waals surface area contributed by atoms with Crippen LogP contribution in [-0.4, -0.2) is 23.4 Å². The molecule has 2 nitrogen and oxygen atoms in total. The van der Waals surface area contributed by atoms with E-state index in [0.29, 0.717) is 6.04 Å². The Balaban J connectivity index is 2.17. The van der Waals surface area contributed by atoms with Crippen LogP contribution in [0.1, 0.15) is 47.7 Å². The number of hydrogen-bond acceptors (Lipinski definition) is 2. The lowest BCUT2D eigenvalue weighted by Gasteiger charge is -2.33. The quantitative estimate of drug-likeness (QED) is 0.805. The highest BCUT2D eigenvalue weighted by Crippen LogP contribution is 2.30. The molecule has 1 atom stereocenters. The van der Waals surface area contributed by atoms with Crippen molar-refractivity contribution in [3.63, 3.8) is 0 Å². The average Bonchev–Trinajstić information content (AvgIpc) is 2.70. The van der Waals surface area contributed by atoms with Crippen LogP contribution in [0, 0.1) is 0 Å². The van der Waals surface area contributed by atoms with E-state index in [1.54, 1.807) is 11.3 Å². The minimum atomic E-state index is 0.211. The number of nitrogens with zero attached hydrogens (tertiary/aromatic N) is 1. The lowest BCUT2D eigenvalue weighted by molar-refractivity contribution is 0.0640. The molecule has 0 aromatic carbocycles. The summed E-state index contributed by atoms with van der Waals surface area (Å²) in [5, 5.41) is 0. The van der Waals surface area contributed by atoms with Crippen molar-refractivity contribution in [2.24, 2.45) is 0 Å². The molecule has 0 radical (unpaired) electrons. The standard InChI is InChI=1S/C13H18BrNOS/c1-3-11-10(14)8-12(17-11)13(16)15-7-5-4-6-9(15)2/h8-9H,3-7H2,1-2H3/t9-/m0/s1. The van der Waals surface area contributed by atoms with Gasteiger partial charge >= 0.3 is 0 Å². The molecule has 4 heteroatoms. The second-order valence-electron chi connectivity index (χ2n) is 4.58. The van der Waals surface area contributed by atoms with Gasteiger partial charge in [-0.3, -0.25) is 4.79 Å². The molecule has 1 aliphatic rings. The number of rotatable bonds is 2. The van der Waals surface area contributed by atoms with Crippen molar-refractivity contribution < 1.29 is 4.79 Å². The number of thiophene rings is 1. The average molecular weight is 316 g/mol. The Bertz CT molecular complexity index is 416. The van der Waals surface area contributed by atoms with Crippen LogP contribution >= 0.6 is 27.3 Å². The van der Waals surface area contributed by atoms with Gasteiger partial charge in [0.25, 0.3) is 5.91 Å². The predicted octanol–water partition coefficient (Wildman–Crippen LogP) is 4.09. The first-order chi connectivity index (χ1) is 8.13. The molecule has 17 heavy (non-hydrogen) atoms. The van der Waals surface area contributed by atoms with E-state index in [9.17, 15) is 4.79 Å². The van der Waals surface area contributed by atoms with Gasteiger partial charge in [-0.2, -0.15) is 0 Å². The summed E-state index contributed by atoms with van der Waals surface area (Å²) in [7, 11) is 0. The van der Waals surface area contributed by atoms with Gasteiger partial charge in [0.1, 0.15) is 0 Å². The molecule has 2 rings (SSSR count). The Morgan fingerprint density at radius 3 is 2.94 bits per heavy atom. The van der Waals surface area contributed by atoms with Gasteiger partial charge < -0.3 is 4.90 Å². The van der Waals surface area contributed by atoms with E-state index in [0.717, 1.165) is 35.2 Å². The van der Waals surface area contributed by atoms with Crippen LogP contribution < -0.4 is 0 Å². The van der Waals surface area contributed by atoms with Crippen LogP contribution in [0.4, 0.5) is 0 Å². The first-order valence-corrected chi connectivity index (χ1v) is 7.83. The molecule has 0 saturated carbocycles. The minimum Gasteiger partial charge on any atom is -0.335 e. The van der Waals surface area contributed by atoms with Gasteiger partial charge in [-0.1, -0.05) is 6.92 Å². The van der Waals surface area contributed by atoms with Crippen LogP contribution in [0.5, 0.6) is 0 Å². The van der Waals surface area contributed by atoms with Crippen LogP contribution in [0.15, 0.2) is 10.5 Å². The number of aryl methyl sites for hydroxylation is 1. The summed E-state index contributed by atoms with van der Waals surface area (Å²) in [5.41, 5.74) is 0. The van der Waals surface area contributed by atoms with E-state index >= 15 is 0 Å². The first kappa shape index (κ1) is 13.1. The molecule has 2 heterocycles. The van der Waals surface area contributed by atoms with Crippen molar-refractivity contribution in [2.45, 2.75) is 45.6 Å². The van der Waals surface area contributed by atoms with Crippen molar-refractivity contribution in [1.82, 2.24) is 4.90 Å². The van der Waals surface area contributed by atoms with Crippen LogP contribution in [0.25, 0.3) is 0 Å². The molecule has 0 bridgehead atoms. The highest BCUT2D eigenvalue weighted by Gasteiger charge is 2.25. The Kier molecular flexibility index (Phi) is 4.26. The summed E-state index contributed by atoms with van der Waals surface area (Å²) in [5.74, 6) is 0.211. The highest BCUT2D eigenvalue weighted by atomic mass is 79.9. The summed E-state index contributed by atoms with van der Waals surface area (Å²) in [6.45, 7) is 5.19. The zero-order chi connectivity index (χ0) is 12.4. The van der Waals surface area contributed by atoms with Crippen molar-refractivity contribution in [2.75, 3.05) is 6.54 Å². The molecule has 1 fully saturated rings. The Hall–Kier alpha value is -0.350. The summed E-state index contributed by atoms with van der Waals surface area (Å²) in [6, 6.07) is 2.37. The van der Waals surface area contributed by atoms with Crippen LogP contribution in [0.2, 0.25) is 0 Å². The molecule has 0 spiro atoms. The van der Waals surface area contributed by atoms with Crippen molar-refractivity contribution in [1.29, 1.82) is 0 Å². The predicted molar refractivity (Wildman–Crippen MR) is 75.7 cm³/mol. The lowest BCUT2D eigenvalue weighted by Crippen LogP contribution is -2.41. The molecule has 0 aliphatic carbocycles. The van der Waals surface area contributed by atoms with Crippen molar-refractivity contribution in [3.8, 4) is 0 Å². The fourth-order valence-electron chi connectivity index (χ4n) is 2.29. The third kappa shape index (κ3) is 2.74. The number of hydrogen-bond donors (Lipinski definition) is 0. The van der Waals surface area contributed by atoms with E-state index < -0.39 is 0 Å². The smallest absolute Gasteiger partial charge is 0.264 e. The van der Waals surface area contributed by atoms with Gasteiger partial charge in [-0.25, -0.2) is 0 Å². The second kappa shape index (κ2) is 5.53. The molecule has 94 valence electrons. The number of carbonyl (C=O) groups excluding carboxylic acids is 1. The van der Waals surface area contributed by atoms with Gasteiger partial charge in [0.05, 0.1) is 4.88 Å². The topological polar surface area (TPSA) is 20.3 Å². The fraction of sp³-hybridized carbons (Fsp3) is 0.615. The van der Waals surface area contributed by atoms with Gasteiger partial charge in [0.15, 0.2) is 0 Å². The van der Waals surface area contributed by atoms with Crippen LogP contribution in [-0.2, 0) is 6.42 Å². The normalized spacial score (nSPS) is 20.6. The SMILES string of the molecule is CCc1sc(C(=O)N2CCCC[C@@H]2C)cc1Br. The third-order valence-electron chi connectivity index (χ3n) is 3.35. The van der Waals surface area contributed by atoms with Gasteiger partial charge in [-0.05, 0) is 54.6 Å². The zero-order valence-corrected chi connectivity index (χ0v) is 12.7. The molecule has 1 amide bonds. The minimum absolute atomic E-state index is 0.211. The Morgan fingerprint density at radius 2 is 2.35 bits per heavy atom. The summed E-state index contributed by atoms with van der Waals surface area (Å²) in [6.07, 6.45) is 4.51. The first-order valence-electron chi connectivity index (χ1n) is 6.22. The summed E-state index contributed by atoms with van der Waals surface area (Å²) < 4.78 is 1.08. The number of amides is 1. The molecule has 1 aromatic heterocycles. The van der Waals surface area contributed by atoms with Crippen molar-refractivity contribution >= 4 is 33.2 Å². The molecular weight excluding hydrogens is 298 g/mol. The van der Waals surface area contributed by atoms with Gasteiger partial charge in [-0.15, -0.1) is 11.3 Å². The highest BCUT2D eigenvalue weighted by molar-refractivity contribution is 9.10. The Labute approximate surface area is 115 Å². The molecule has 1 aliphatic heterocycles. The second-order valence-corrected chi connectivity index (χ2v) is 6.57. The van der Waals surface area contributed by atoms with E-state index in [4.69, 9.17) is 0 Å². The maximum Gasteiger partial charge on any atom is 0.264 e. The van der Waals surface area contributed by atoms with E-state index in [2.05, 4.69) is 29.8 Å². The molecular formula is C13H18BrNOS. The molecule has 1 saturated heterocycles. The van der Waals surface area contributed by atoms with Gasteiger partial charge in [0.2, 0.25) is 0 Å². The third-order valence-corrected chi connectivity index (χ3v) is 5.59. The maximum absolute atomic E-state index is 12.4. The largest absolute Gasteiger partial charge is 0.335 e. The van der Waals surface area contributed by atoms with Crippen LogP contribution in [0.3, 0.4) is 0 Å². The number of likely N-dealkylation sites (tertiary alicyclic amines) is 1. The Morgan fingerprint density at radius 1 is 1.59 bits per heavy atom. The number of piperidine rings is 1. The van der Waals surface area contributed by atoms with Gasteiger partial charge in [0, 0.05) is 21.9 Å². The molecule has 0 unspecified atom stereocenters. The van der Waals surface area contributed by atoms with E-state index in [1.807, 2.05) is 11.0 Å². The monoisotopic (exact) mass is 315 g/mol.